The number of benzene rings is 1. The van der Waals surface area contributed by atoms with Gasteiger partial charge in [-0.2, -0.15) is 0 Å². The van der Waals surface area contributed by atoms with Crippen LogP contribution in [0.5, 0.6) is 0 Å². The summed E-state index contributed by atoms with van der Waals surface area (Å²) in [6.07, 6.45) is 15.2. The number of rotatable bonds is 10. The maximum atomic E-state index is 10.6. The zero-order valence-corrected chi connectivity index (χ0v) is 18.7. The quantitative estimate of drug-likeness (QED) is 0.442. The summed E-state index contributed by atoms with van der Waals surface area (Å²) in [5, 5.41) is 14.2. The van der Waals surface area contributed by atoms with Crippen LogP contribution in [-0.2, 0) is 6.42 Å². The summed E-state index contributed by atoms with van der Waals surface area (Å²) in [5.74, 6) is 1.55. The zero-order chi connectivity index (χ0) is 20.8. The van der Waals surface area contributed by atoms with Crippen LogP contribution < -0.4 is 5.32 Å². The molecule has 1 heterocycles. The summed E-state index contributed by atoms with van der Waals surface area (Å²) in [6, 6.07) is 8.79. The topological polar surface area (TPSA) is 35.5 Å². The van der Waals surface area contributed by atoms with E-state index in [2.05, 4.69) is 59.6 Å². The molecule has 3 nitrogen and oxygen atoms in total. The lowest BCUT2D eigenvalue weighted by molar-refractivity contribution is 0.141. The van der Waals surface area contributed by atoms with E-state index in [4.69, 9.17) is 0 Å². The average molecular weight is 409 g/mol. The van der Waals surface area contributed by atoms with Crippen molar-refractivity contribution in [1.29, 1.82) is 0 Å². The molecule has 4 atom stereocenters. The molecule has 4 rings (SSSR count). The Balaban J connectivity index is 1.17. The van der Waals surface area contributed by atoms with Gasteiger partial charge in [0.25, 0.3) is 0 Å². The Hall–Kier alpha value is -1.42. The van der Waals surface area contributed by atoms with E-state index in [9.17, 15) is 5.11 Å². The fraction of sp³-hybridized carbons (Fsp3) is 0.630. The molecule has 1 aromatic rings. The van der Waals surface area contributed by atoms with Crippen molar-refractivity contribution in [3.63, 3.8) is 0 Å². The van der Waals surface area contributed by atoms with Gasteiger partial charge in [-0.1, -0.05) is 53.6 Å². The van der Waals surface area contributed by atoms with Crippen LogP contribution in [0, 0.1) is 24.7 Å². The number of aliphatic hydroxyl groups is 1. The fourth-order valence-electron chi connectivity index (χ4n) is 5.78. The van der Waals surface area contributed by atoms with E-state index in [1.54, 1.807) is 5.57 Å². The third-order valence-corrected chi connectivity index (χ3v) is 7.42. The number of hydrogen-bond donors (Lipinski definition) is 2. The first-order valence-corrected chi connectivity index (χ1v) is 12.2. The molecule has 2 aliphatic carbocycles. The molecule has 0 bridgehead atoms. The van der Waals surface area contributed by atoms with Crippen molar-refractivity contribution in [2.24, 2.45) is 17.8 Å². The van der Waals surface area contributed by atoms with Crippen LogP contribution in [0.15, 0.2) is 48.1 Å². The molecule has 164 valence electrons. The number of allylic oxidation sites excluding steroid dienone is 2. The van der Waals surface area contributed by atoms with Crippen molar-refractivity contribution in [3.8, 4) is 0 Å². The summed E-state index contributed by atoms with van der Waals surface area (Å²) in [4.78, 5) is 2.57. The van der Waals surface area contributed by atoms with Crippen molar-refractivity contribution in [2.45, 2.75) is 58.0 Å². The fourth-order valence-corrected chi connectivity index (χ4v) is 5.78. The summed E-state index contributed by atoms with van der Waals surface area (Å²) >= 11 is 0. The number of nitrogens with zero attached hydrogens (tertiary/aromatic N) is 1. The van der Waals surface area contributed by atoms with Crippen LogP contribution in [0.2, 0.25) is 0 Å². The molecule has 3 heteroatoms. The molecule has 1 saturated heterocycles. The van der Waals surface area contributed by atoms with Crippen molar-refractivity contribution in [3.05, 3.63) is 59.2 Å². The Morgan fingerprint density at radius 3 is 2.87 bits per heavy atom. The second-order valence-electron chi connectivity index (χ2n) is 9.74. The van der Waals surface area contributed by atoms with E-state index < -0.39 is 0 Å². The van der Waals surface area contributed by atoms with Crippen molar-refractivity contribution in [2.75, 3.05) is 32.7 Å². The van der Waals surface area contributed by atoms with Crippen LogP contribution in [0.3, 0.4) is 0 Å². The number of fused-ring (bicyclic) bond motifs is 1. The van der Waals surface area contributed by atoms with Gasteiger partial charge in [0.2, 0.25) is 0 Å². The maximum absolute atomic E-state index is 10.6. The monoisotopic (exact) mass is 408 g/mol. The molecule has 30 heavy (non-hydrogen) atoms. The highest BCUT2D eigenvalue weighted by Crippen LogP contribution is 2.47. The molecule has 3 aliphatic rings. The summed E-state index contributed by atoms with van der Waals surface area (Å²) < 4.78 is 0. The normalized spacial score (nSPS) is 29.1. The lowest BCUT2D eigenvalue weighted by atomic mass is 9.89. The minimum atomic E-state index is -0.161. The van der Waals surface area contributed by atoms with E-state index in [-0.39, 0.29) is 6.10 Å². The lowest BCUT2D eigenvalue weighted by Gasteiger charge is -2.18. The smallest absolute Gasteiger partial charge is 0.0611 e. The molecule has 2 N–H and O–H groups in total. The van der Waals surface area contributed by atoms with Gasteiger partial charge in [-0.25, -0.2) is 0 Å². The van der Waals surface area contributed by atoms with Gasteiger partial charge in [0, 0.05) is 19.0 Å². The van der Waals surface area contributed by atoms with Gasteiger partial charge in [-0.15, -0.1) is 0 Å². The molecular formula is C27H40N2O. The highest BCUT2D eigenvalue weighted by Gasteiger charge is 2.43. The van der Waals surface area contributed by atoms with Crippen LogP contribution in [0.4, 0.5) is 0 Å². The molecular weight excluding hydrogens is 368 g/mol. The molecule has 2 fully saturated rings. The van der Waals surface area contributed by atoms with Crippen molar-refractivity contribution >= 4 is 0 Å². The Kier molecular flexibility index (Phi) is 7.81. The molecule has 0 unspecified atom stereocenters. The second-order valence-corrected chi connectivity index (χ2v) is 9.74. The van der Waals surface area contributed by atoms with E-state index in [0.717, 1.165) is 32.4 Å². The van der Waals surface area contributed by atoms with Gasteiger partial charge >= 0.3 is 0 Å². The van der Waals surface area contributed by atoms with Gasteiger partial charge in [0.05, 0.1) is 6.10 Å². The minimum absolute atomic E-state index is 0.161. The molecule has 0 radical (unpaired) electrons. The molecule has 0 amide bonds. The average Bonchev–Trinajstić information content (AvgIpc) is 3.43. The predicted octanol–water partition coefficient (Wildman–Crippen LogP) is 4.50. The Morgan fingerprint density at radius 2 is 2.03 bits per heavy atom. The van der Waals surface area contributed by atoms with Crippen LogP contribution in [0.25, 0.3) is 0 Å². The van der Waals surface area contributed by atoms with Crippen molar-refractivity contribution < 1.29 is 5.11 Å². The first kappa shape index (κ1) is 21.8. The predicted molar refractivity (Wildman–Crippen MR) is 126 cm³/mol. The Morgan fingerprint density at radius 1 is 1.17 bits per heavy atom. The van der Waals surface area contributed by atoms with Gasteiger partial charge < -0.3 is 15.3 Å². The molecule has 1 aromatic carbocycles. The van der Waals surface area contributed by atoms with Crippen molar-refractivity contribution in [1.82, 2.24) is 10.2 Å². The standard InChI is InChI=1S/C27H40N2O/c1-21-7-6-9-22(17-21)8-2-3-10-25-26-19-23(18-24(26)20-27(25)30)11-12-28-13-16-29-14-4-5-15-29/h3,6-7,9-10,17-18,24-28,30H,2,4-5,8,11-16,19-20H2,1H3/b10-3+/t24-,25+,26-,27+/m0/s1. The first-order chi connectivity index (χ1) is 14.7. The van der Waals surface area contributed by atoms with Gasteiger partial charge in [-0.3, -0.25) is 0 Å². The Labute approximate surface area is 183 Å². The number of aliphatic hydroxyl groups excluding tert-OH is 1. The highest BCUT2D eigenvalue weighted by molar-refractivity contribution is 5.23. The Bertz CT molecular complexity index is 734. The SMILES string of the molecule is Cc1cccc(CC/C=C/[C@@H]2[C@H]3CC(CCNCCN4CCCC4)=C[C@H]3C[C@H]2O)c1. The van der Waals surface area contributed by atoms with Crippen LogP contribution in [-0.4, -0.2) is 48.8 Å². The van der Waals surface area contributed by atoms with Crippen LogP contribution >= 0.6 is 0 Å². The largest absolute Gasteiger partial charge is 0.392 e. The number of aryl methyl sites for hydroxylation is 2. The molecule has 0 aromatic heterocycles. The molecule has 1 saturated carbocycles. The number of hydrogen-bond acceptors (Lipinski definition) is 3. The molecule has 1 aliphatic heterocycles. The van der Waals surface area contributed by atoms with E-state index in [0.29, 0.717) is 17.8 Å². The third kappa shape index (κ3) is 5.84. The summed E-state index contributed by atoms with van der Waals surface area (Å²) in [5.41, 5.74) is 4.36. The number of likely N-dealkylation sites (tertiary alicyclic amines) is 1. The summed E-state index contributed by atoms with van der Waals surface area (Å²) in [7, 11) is 0. The van der Waals surface area contributed by atoms with Crippen LogP contribution in [0.1, 0.15) is 49.7 Å². The van der Waals surface area contributed by atoms with E-state index >= 15 is 0 Å². The van der Waals surface area contributed by atoms with E-state index in [1.165, 1.54) is 56.4 Å². The lowest BCUT2D eigenvalue weighted by Crippen LogP contribution is -2.30. The van der Waals surface area contributed by atoms with Gasteiger partial charge in [0.15, 0.2) is 0 Å². The first-order valence-electron chi connectivity index (χ1n) is 12.2. The summed E-state index contributed by atoms with van der Waals surface area (Å²) in [6.45, 7) is 8.15. The molecule has 0 spiro atoms. The zero-order valence-electron chi connectivity index (χ0n) is 18.7. The minimum Gasteiger partial charge on any atom is -0.392 e. The van der Waals surface area contributed by atoms with E-state index in [1.807, 2.05) is 0 Å². The third-order valence-electron chi connectivity index (χ3n) is 7.42. The maximum Gasteiger partial charge on any atom is 0.0611 e. The van der Waals surface area contributed by atoms with Gasteiger partial charge in [0.1, 0.15) is 0 Å². The highest BCUT2D eigenvalue weighted by atomic mass is 16.3. The van der Waals surface area contributed by atoms with Gasteiger partial charge in [-0.05, 0) is 88.9 Å². The second kappa shape index (κ2) is 10.7. The number of nitrogens with one attached hydrogen (secondary N) is 1.